The van der Waals surface area contributed by atoms with E-state index in [0.717, 1.165) is 34.6 Å². The van der Waals surface area contributed by atoms with Crippen LogP contribution in [0.1, 0.15) is 45.6 Å². The molecule has 3 nitrogen and oxygen atoms in total. The highest BCUT2D eigenvalue weighted by atomic mass is 16.3. The quantitative estimate of drug-likeness (QED) is 0.667. The molecular formula is C19H23NO2. The third-order valence-corrected chi connectivity index (χ3v) is 4.50. The van der Waals surface area contributed by atoms with Crippen molar-refractivity contribution in [1.29, 1.82) is 0 Å². The van der Waals surface area contributed by atoms with E-state index in [1.54, 1.807) is 24.3 Å². The topological polar surface area (TPSA) is 45.4 Å². The molecule has 3 heteroatoms. The maximum Gasteiger partial charge on any atom is 0.116 e. The van der Waals surface area contributed by atoms with Gasteiger partial charge in [-0.1, -0.05) is 26.7 Å². The van der Waals surface area contributed by atoms with Crippen molar-refractivity contribution in [3.63, 3.8) is 0 Å². The molecule has 2 N–H and O–H groups in total. The Kier molecular flexibility index (Phi) is 3.97. The number of nitrogens with zero attached hydrogens (tertiary/aromatic N) is 1. The summed E-state index contributed by atoms with van der Waals surface area (Å²) in [5.74, 6) is 0.521. The van der Waals surface area contributed by atoms with Gasteiger partial charge in [0.2, 0.25) is 0 Å². The minimum absolute atomic E-state index is 0.261. The zero-order valence-corrected chi connectivity index (χ0v) is 13.2. The first-order valence-electron chi connectivity index (χ1n) is 8.11. The normalized spacial score (nSPS) is 13.0. The second-order valence-electron chi connectivity index (χ2n) is 5.98. The Bertz CT molecular complexity index is 745. The highest BCUT2D eigenvalue weighted by Crippen LogP contribution is 2.37. The van der Waals surface area contributed by atoms with Crippen LogP contribution in [0.15, 0.2) is 36.4 Å². The molecule has 0 aliphatic rings. The third-order valence-electron chi connectivity index (χ3n) is 4.50. The molecule has 3 rings (SSSR count). The van der Waals surface area contributed by atoms with Gasteiger partial charge in [0.15, 0.2) is 0 Å². The molecule has 22 heavy (non-hydrogen) atoms. The third kappa shape index (κ3) is 2.41. The minimum atomic E-state index is 0.261. The molecule has 1 heterocycles. The van der Waals surface area contributed by atoms with Gasteiger partial charge < -0.3 is 14.8 Å². The zero-order valence-electron chi connectivity index (χ0n) is 13.2. The number of hydrogen-bond acceptors (Lipinski definition) is 2. The molecule has 0 radical (unpaired) electrons. The van der Waals surface area contributed by atoms with E-state index in [9.17, 15) is 10.2 Å². The molecule has 0 amide bonds. The highest BCUT2D eigenvalue weighted by Gasteiger charge is 2.17. The van der Waals surface area contributed by atoms with Gasteiger partial charge >= 0.3 is 0 Å². The Morgan fingerprint density at radius 3 is 1.91 bits per heavy atom. The van der Waals surface area contributed by atoms with Gasteiger partial charge in [0.05, 0.1) is 0 Å². The Hall–Kier alpha value is -2.16. The van der Waals surface area contributed by atoms with E-state index in [4.69, 9.17) is 0 Å². The number of phenols is 2. The van der Waals surface area contributed by atoms with E-state index in [0.29, 0.717) is 6.04 Å². The van der Waals surface area contributed by atoms with Crippen molar-refractivity contribution in [3.8, 4) is 11.5 Å². The molecule has 0 fully saturated rings. The molecule has 0 bridgehead atoms. The first kappa shape index (κ1) is 14.8. The number of aromatic nitrogens is 1. The second-order valence-corrected chi connectivity index (χ2v) is 5.98. The van der Waals surface area contributed by atoms with Crippen LogP contribution in [0.2, 0.25) is 0 Å². The summed E-state index contributed by atoms with van der Waals surface area (Å²) in [7, 11) is 0. The van der Waals surface area contributed by atoms with Crippen molar-refractivity contribution in [2.75, 3.05) is 0 Å². The molecule has 0 spiro atoms. The molecule has 0 unspecified atom stereocenters. The average molecular weight is 297 g/mol. The fraction of sp³-hybridized carbons (Fsp3) is 0.368. The molecule has 3 aromatic rings. The lowest BCUT2D eigenvalue weighted by molar-refractivity contribution is 0.457. The van der Waals surface area contributed by atoms with Gasteiger partial charge in [0, 0.05) is 27.8 Å². The van der Waals surface area contributed by atoms with Crippen LogP contribution >= 0.6 is 0 Å². The van der Waals surface area contributed by atoms with Crippen molar-refractivity contribution in [2.45, 2.75) is 45.6 Å². The fourth-order valence-electron chi connectivity index (χ4n) is 3.38. The van der Waals surface area contributed by atoms with Crippen molar-refractivity contribution in [3.05, 3.63) is 36.4 Å². The van der Waals surface area contributed by atoms with E-state index < -0.39 is 0 Å². The van der Waals surface area contributed by atoms with E-state index in [2.05, 4.69) is 18.4 Å². The maximum atomic E-state index is 9.83. The second kappa shape index (κ2) is 5.91. The first-order chi connectivity index (χ1) is 10.7. The lowest BCUT2D eigenvalue weighted by atomic mass is 10.1. The van der Waals surface area contributed by atoms with Gasteiger partial charge in [-0.15, -0.1) is 0 Å². The monoisotopic (exact) mass is 297 g/mol. The molecule has 0 aliphatic heterocycles. The summed E-state index contributed by atoms with van der Waals surface area (Å²) < 4.78 is 2.37. The molecule has 2 aromatic carbocycles. The van der Waals surface area contributed by atoms with Crippen LogP contribution in [0.25, 0.3) is 21.8 Å². The van der Waals surface area contributed by atoms with E-state index in [1.807, 2.05) is 12.1 Å². The van der Waals surface area contributed by atoms with Crippen molar-refractivity contribution < 1.29 is 10.2 Å². The van der Waals surface area contributed by atoms with Gasteiger partial charge in [-0.05, 0) is 49.2 Å². The maximum absolute atomic E-state index is 9.83. The first-order valence-corrected chi connectivity index (χ1v) is 8.11. The predicted octanol–water partition coefficient (Wildman–Crippen LogP) is 5.35. The lowest BCUT2D eigenvalue weighted by Crippen LogP contribution is -2.07. The van der Waals surface area contributed by atoms with Crippen molar-refractivity contribution >= 4 is 21.8 Å². The van der Waals surface area contributed by atoms with Crippen LogP contribution < -0.4 is 0 Å². The summed E-state index contributed by atoms with van der Waals surface area (Å²) in [5.41, 5.74) is 2.25. The molecule has 0 saturated carbocycles. The Morgan fingerprint density at radius 2 is 1.45 bits per heavy atom. The van der Waals surface area contributed by atoms with Gasteiger partial charge in [0.1, 0.15) is 11.5 Å². The van der Waals surface area contributed by atoms with E-state index in [-0.39, 0.29) is 11.5 Å². The van der Waals surface area contributed by atoms with Crippen LogP contribution in [0, 0.1) is 0 Å². The number of aromatic hydroxyl groups is 2. The van der Waals surface area contributed by atoms with E-state index >= 15 is 0 Å². The van der Waals surface area contributed by atoms with Crippen LogP contribution in [-0.2, 0) is 0 Å². The smallest absolute Gasteiger partial charge is 0.116 e. The summed E-state index contributed by atoms with van der Waals surface area (Å²) >= 11 is 0. The molecule has 1 atom stereocenters. The van der Waals surface area contributed by atoms with Crippen LogP contribution in [0.4, 0.5) is 0 Å². The Labute approximate surface area is 130 Å². The Balaban J connectivity index is 2.30. The van der Waals surface area contributed by atoms with Crippen molar-refractivity contribution in [2.24, 2.45) is 0 Å². The zero-order chi connectivity index (χ0) is 15.7. The number of benzene rings is 2. The number of hydrogen-bond donors (Lipinski definition) is 2. The van der Waals surface area contributed by atoms with E-state index in [1.165, 1.54) is 12.8 Å². The SMILES string of the molecule is CCCC[C@H](CC)n1c2ccc(O)cc2c2cc(O)ccc21. The molecule has 0 saturated heterocycles. The van der Waals surface area contributed by atoms with Gasteiger partial charge in [-0.2, -0.15) is 0 Å². The van der Waals surface area contributed by atoms with Gasteiger partial charge in [-0.25, -0.2) is 0 Å². The minimum Gasteiger partial charge on any atom is -0.508 e. The number of unbranched alkanes of at least 4 members (excludes halogenated alkanes) is 1. The predicted molar refractivity (Wildman–Crippen MR) is 91.6 cm³/mol. The molecule has 0 aliphatic carbocycles. The van der Waals surface area contributed by atoms with Gasteiger partial charge in [0.25, 0.3) is 0 Å². The summed E-state index contributed by atoms with van der Waals surface area (Å²) in [6, 6.07) is 11.5. The van der Waals surface area contributed by atoms with Crippen LogP contribution in [-0.4, -0.2) is 14.8 Å². The highest BCUT2D eigenvalue weighted by molar-refractivity contribution is 6.09. The molecule has 116 valence electrons. The fourth-order valence-corrected chi connectivity index (χ4v) is 3.38. The average Bonchev–Trinajstić information content (AvgIpc) is 2.82. The summed E-state index contributed by atoms with van der Waals surface area (Å²) in [4.78, 5) is 0. The van der Waals surface area contributed by atoms with Crippen LogP contribution in [0.5, 0.6) is 11.5 Å². The number of phenolic OH excluding ortho intramolecular Hbond substituents is 2. The number of rotatable bonds is 5. The van der Waals surface area contributed by atoms with Crippen LogP contribution in [0.3, 0.4) is 0 Å². The molecule has 1 aromatic heterocycles. The summed E-state index contributed by atoms with van der Waals surface area (Å²) in [5, 5.41) is 21.7. The summed E-state index contributed by atoms with van der Waals surface area (Å²) in [6.45, 7) is 4.44. The lowest BCUT2D eigenvalue weighted by Gasteiger charge is -2.19. The molecular weight excluding hydrogens is 274 g/mol. The van der Waals surface area contributed by atoms with Gasteiger partial charge in [-0.3, -0.25) is 0 Å². The largest absolute Gasteiger partial charge is 0.508 e. The summed E-state index contributed by atoms with van der Waals surface area (Å²) in [6.07, 6.45) is 4.61. The number of fused-ring (bicyclic) bond motifs is 3. The Morgan fingerprint density at radius 1 is 0.909 bits per heavy atom. The van der Waals surface area contributed by atoms with Crippen molar-refractivity contribution in [1.82, 2.24) is 4.57 Å². The standard InChI is InChI=1S/C19H23NO2/c1-3-5-6-13(4-2)20-18-9-7-14(21)11-16(18)17-12-15(22)8-10-19(17)20/h7-13,21-22H,3-6H2,1-2H3/t13-/m0/s1.